The Morgan fingerprint density at radius 1 is 1.19 bits per heavy atom. The Balaban J connectivity index is 1.55. The molecule has 2 aromatic carbocycles. The van der Waals surface area contributed by atoms with Crippen molar-refractivity contribution >= 4 is 17.3 Å². The van der Waals surface area contributed by atoms with Crippen LogP contribution in [0.1, 0.15) is 18.9 Å². The molecule has 0 saturated heterocycles. The van der Waals surface area contributed by atoms with E-state index < -0.39 is 0 Å². The number of ether oxygens (including phenoxy) is 3. The van der Waals surface area contributed by atoms with Crippen LogP contribution in [0.2, 0.25) is 0 Å². The molecular weight excluding hydrogens is 360 g/mol. The number of thiocarbonyl (C=S) groups is 1. The number of hydrogen-bond acceptors (Lipinski definition) is 4. The van der Waals surface area contributed by atoms with Crippen molar-refractivity contribution in [3.63, 3.8) is 0 Å². The van der Waals surface area contributed by atoms with Crippen LogP contribution in [0.5, 0.6) is 17.2 Å². The molecule has 1 N–H and O–H groups in total. The lowest BCUT2D eigenvalue weighted by molar-refractivity contribution is 0.0740. The minimum atomic E-state index is -0.0489. The predicted octanol–water partition coefficient (Wildman–Crippen LogP) is 3.62. The Hall–Kier alpha value is -2.47. The molecular formula is C21H26N2O3S. The summed E-state index contributed by atoms with van der Waals surface area (Å²) in [6, 6.07) is 15.7. The third-order valence-corrected chi connectivity index (χ3v) is 4.78. The largest absolute Gasteiger partial charge is 0.497 e. The predicted molar refractivity (Wildman–Crippen MR) is 111 cm³/mol. The van der Waals surface area contributed by atoms with Gasteiger partial charge in [0, 0.05) is 13.1 Å². The van der Waals surface area contributed by atoms with Crippen LogP contribution in [0, 0.1) is 0 Å². The smallest absolute Gasteiger partial charge is 0.169 e. The van der Waals surface area contributed by atoms with Gasteiger partial charge in [0.05, 0.1) is 13.7 Å². The third kappa shape index (κ3) is 5.26. The second-order valence-corrected chi connectivity index (χ2v) is 6.84. The first-order valence-corrected chi connectivity index (χ1v) is 9.64. The Morgan fingerprint density at radius 2 is 1.93 bits per heavy atom. The highest BCUT2D eigenvalue weighted by Crippen LogP contribution is 2.31. The molecule has 0 aromatic heterocycles. The van der Waals surface area contributed by atoms with E-state index >= 15 is 0 Å². The molecule has 1 aliphatic heterocycles. The summed E-state index contributed by atoms with van der Waals surface area (Å²) in [6.07, 6.45) is 0.960. The molecule has 0 unspecified atom stereocenters. The Bertz CT molecular complexity index is 751. The second-order valence-electron chi connectivity index (χ2n) is 6.45. The SMILES string of the molecule is CCCN(C[C@H]1COc2ccccc2O1)C(=S)NCc1ccc(OC)cc1. The van der Waals surface area contributed by atoms with E-state index in [-0.39, 0.29) is 6.10 Å². The van der Waals surface area contributed by atoms with Gasteiger partial charge in [0.1, 0.15) is 12.4 Å². The summed E-state index contributed by atoms with van der Waals surface area (Å²) in [5.41, 5.74) is 1.15. The molecule has 1 heterocycles. The quantitative estimate of drug-likeness (QED) is 0.733. The van der Waals surface area contributed by atoms with E-state index in [9.17, 15) is 0 Å². The monoisotopic (exact) mass is 386 g/mol. The first-order valence-electron chi connectivity index (χ1n) is 9.23. The molecule has 0 amide bonds. The Morgan fingerprint density at radius 3 is 2.63 bits per heavy atom. The maximum Gasteiger partial charge on any atom is 0.169 e. The van der Waals surface area contributed by atoms with Crippen molar-refractivity contribution in [2.75, 3.05) is 26.8 Å². The molecule has 144 valence electrons. The summed E-state index contributed by atoms with van der Waals surface area (Å²) in [5.74, 6) is 2.45. The molecule has 1 atom stereocenters. The minimum absolute atomic E-state index is 0.0489. The Kier molecular flexibility index (Phi) is 6.76. The fourth-order valence-corrected chi connectivity index (χ4v) is 3.22. The van der Waals surface area contributed by atoms with Gasteiger partial charge in [-0.25, -0.2) is 0 Å². The molecule has 0 fully saturated rings. The molecule has 27 heavy (non-hydrogen) atoms. The first kappa shape index (κ1) is 19.3. The van der Waals surface area contributed by atoms with E-state index in [1.54, 1.807) is 7.11 Å². The molecule has 1 aliphatic rings. The number of rotatable bonds is 7. The highest BCUT2D eigenvalue weighted by atomic mass is 32.1. The lowest BCUT2D eigenvalue weighted by atomic mass is 10.2. The maximum atomic E-state index is 6.08. The zero-order chi connectivity index (χ0) is 19.1. The van der Waals surface area contributed by atoms with E-state index in [1.807, 2.05) is 48.5 Å². The summed E-state index contributed by atoms with van der Waals surface area (Å²) >= 11 is 5.63. The van der Waals surface area contributed by atoms with E-state index in [2.05, 4.69) is 17.1 Å². The van der Waals surface area contributed by atoms with Crippen molar-refractivity contribution < 1.29 is 14.2 Å². The van der Waals surface area contributed by atoms with Crippen LogP contribution >= 0.6 is 12.2 Å². The molecule has 0 radical (unpaired) electrons. The second kappa shape index (κ2) is 9.46. The standard InChI is InChI=1S/C21H26N2O3S/c1-3-12-23(14-18-15-25-19-6-4-5-7-20(19)26-18)21(27)22-13-16-8-10-17(24-2)11-9-16/h4-11,18H,3,12-15H2,1-2H3,(H,22,27)/t18-/m0/s1. The normalized spacial score (nSPS) is 15.1. The van der Waals surface area contributed by atoms with Gasteiger partial charge in [-0.1, -0.05) is 31.2 Å². The molecule has 0 bridgehead atoms. The van der Waals surface area contributed by atoms with E-state index in [0.29, 0.717) is 19.7 Å². The van der Waals surface area contributed by atoms with Gasteiger partial charge in [-0.3, -0.25) is 0 Å². The van der Waals surface area contributed by atoms with Gasteiger partial charge >= 0.3 is 0 Å². The van der Waals surface area contributed by atoms with E-state index in [1.165, 1.54) is 0 Å². The number of nitrogens with one attached hydrogen (secondary N) is 1. The van der Waals surface area contributed by atoms with Gasteiger partial charge < -0.3 is 24.4 Å². The van der Waals surface area contributed by atoms with Gasteiger partial charge in [0.2, 0.25) is 0 Å². The fourth-order valence-electron chi connectivity index (χ4n) is 2.98. The lowest BCUT2D eigenvalue weighted by Crippen LogP contribution is -2.47. The topological polar surface area (TPSA) is 43.0 Å². The number of nitrogens with zero attached hydrogens (tertiary/aromatic N) is 1. The van der Waals surface area contributed by atoms with Crippen molar-refractivity contribution in [3.05, 3.63) is 54.1 Å². The minimum Gasteiger partial charge on any atom is -0.497 e. The van der Waals surface area contributed by atoms with Gasteiger partial charge in [-0.05, 0) is 48.5 Å². The van der Waals surface area contributed by atoms with Crippen molar-refractivity contribution in [2.45, 2.75) is 26.0 Å². The zero-order valence-corrected chi connectivity index (χ0v) is 16.6. The fraction of sp³-hybridized carbons (Fsp3) is 0.381. The Labute approximate surface area is 166 Å². The molecule has 2 aromatic rings. The summed E-state index contributed by atoms with van der Waals surface area (Å²) < 4.78 is 17.1. The van der Waals surface area contributed by atoms with Gasteiger partial charge in [-0.2, -0.15) is 0 Å². The highest BCUT2D eigenvalue weighted by molar-refractivity contribution is 7.80. The lowest BCUT2D eigenvalue weighted by Gasteiger charge is -2.32. The van der Waals surface area contributed by atoms with Crippen molar-refractivity contribution in [1.82, 2.24) is 10.2 Å². The van der Waals surface area contributed by atoms with Crippen LogP contribution in [-0.4, -0.2) is 42.9 Å². The van der Waals surface area contributed by atoms with Crippen LogP contribution in [0.25, 0.3) is 0 Å². The van der Waals surface area contributed by atoms with Gasteiger partial charge in [0.25, 0.3) is 0 Å². The van der Waals surface area contributed by atoms with Crippen molar-refractivity contribution in [2.24, 2.45) is 0 Å². The summed E-state index contributed by atoms with van der Waals surface area (Å²) in [5, 5.41) is 4.08. The van der Waals surface area contributed by atoms with Crippen LogP contribution in [0.3, 0.4) is 0 Å². The van der Waals surface area contributed by atoms with Crippen molar-refractivity contribution in [3.8, 4) is 17.2 Å². The average molecular weight is 387 g/mol. The number of fused-ring (bicyclic) bond motifs is 1. The molecule has 3 rings (SSSR count). The molecule has 6 heteroatoms. The summed E-state index contributed by atoms with van der Waals surface area (Å²) in [4.78, 5) is 2.15. The van der Waals surface area contributed by atoms with E-state index in [4.69, 9.17) is 26.4 Å². The van der Waals surface area contributed by atoms with E-state index in [0.717, 1.165) is 40.9 Å². The van der Waals surface area contributed by atoms with Crippen LogP contribution in [0.4, 0.5) is 0 Å². The summed E-state index contributed by atoms with van der Waals surface area (Å²) in [7, 11) is 1.67. The molecule has 5 nitrogen and oxygen atoms in total. The first-order chi connectivity index (χ1) is 13.2. The van der Waals surface area contributed by atoms with Crippen LogP contribution < -0.4 is 19.5 Å². The van der Waals surface area contributed by atoms with Crippen LogP contribution in [-0.2, 0) is 6.54 Å². The van der Waals surface area contributed by atoms with Gasteiger partial charge in [-0.15, -0.1) is 0 Å². The maximum absolute atomic E-state index is 6.08. The molecule has 0 spiro atoms. The highest BCUT2D eigenvalue weighted by Gasteiger charge is 2.23. The third-order valence-electron chi connectivity index (χ3n) is 4.38. The average Bonchev–Trinajstić information content (AvgIpc) is 2.72. The number of methoxy groups -OCH3 is 1. The molecule has 0 saturated carbocycles. The number of benzene rings is 2. The number of hydrogen-bond donors (Lipinski definition) is 1. The van der Waals surface area contributed by atoms with Crippen LogP contribution in [0.15, 0.2) is 48.5 Å². The number of para-hydroxylation sites is 2. The molecule has 0 aliphatic carbocycles. The van der Waals surface area contributed by atoms with Crippen molar-refractivity contribution in [1.29, 1.82) is 0 Å². The summed E-state index contributed by atoms with van der Waals surface area (Å²) in [6.45, 7) is 4.91. The zero-order valence-electron chi connectivity index (χ0n) is 15.8. The van der Waals surface area contributed by atoms with Gasteiger partial charge in [0.15, 0.2) is 22.7 Å².